The van der Waals surface area contributed by atoms with Crippen LogP contribution in [0.4, 0.5) is 0 Å². The summed E-state index contributed by atoms with van der Waals surface area (Å²) in [5.41, 5.74) is 4.11. The van der Waals surface area contributed by atoms with E-state index < -0.39 is 47.4 Å². The minimum Gasteiger partial charge on any atom is -0.481 e. The lowest BCUT2D eigenvalue weighted by atomic mass is 9.82. The van der Waals surface area contributed by atoms with Crippen molar-refractivity contribution in [3.63, 3.8) is 0 Å². The number of carbonyl (C=O) groups excluding carboxylic acids is 3. The molecule has 1 aromatic carbocycles. The lowest BCUT2D eigenvalue weighted by Gasteiger charge is -2.35. The molecule has 3 amide bonds. The second-order valence-corrected chi connectivity index (χ2v) is 12.1. The van der Waals surface area contributed by atoms with Gasteiger partial charge in [0.15, 0.2) is 0 Å². The number of aliphatic hydroxyl groups is 1. The predicted octanol–water partition coefficient (Wildman–Crippen LogP) is 2.32. The van der Waals surface area contributed by atoms with Crippen LogP contribution >= 0.6 is 0 Å². The average Bonchev–Trinajstić information content (AvgIpc) is 3.02. The van der Waals surface area contributed by atoms with Crippen molar-refractivity contribution in [2.24, 2.45) is 11.3 Å². The number of aliphatic hydroxyl groups excluding tert-OH is 1. The third-order valence-electron chi connectivity index (χ3n) is 8.23. The quantitative estimate of drug-likeness (QED) is 0.271. The topological polar surface area (TPSA) is 170 Å². The number of ether oxygens (including phenoxy) is 1. The monoisotopic (exact) mass is 609 g/mol. The number of pyridine rings is 1. The van der Waals surface area contributed by atoms with E-state index in [-0.39, 0.29) is 18.4 Å². The first-order valence-electron chi connectivity index (χ1n) is 15.2. The van der Waals surface area contributed by atoms with Gasteiger partial charge < -0.3 is 25.6 Å². The Hall–Kier alpha value is -3.87. The lowest BCUT2D eigenvalue weighted by Crippen LogP contribution is -2.61. The molecule has 1 unspecified atom stereocenters. The molecule has 4 rings (SSSR count). The van der Waals surface area contributed by atoms with Gasteiger partial charge in [0.1, 0.15) is 23.6 Å². The van der Waals surface area contributed by atoms with E-state index in [2.05, 4.69) is 16.1 Å². The lowest BCUT2D eigenvalue weighted by molar-refractivity contribution is -0.152. The van der Waals surface area contributed by atoms with Crippen LogP contribution in [0.5, 0.6) is 0 Å². The number of carbonyl (C=O) groups is 4. The smallest absolute Gasteiger partial charge is 0.315 e. The molecule has 3 heterocycles. The number of aromatic nitrogens is 1. The molecule has 1 aromatic heterocycles. The number of fused-ring (bicyclic) bond motifs is 1. The molecule has 2 aromatic rings. The summed E-state index contributed by atoms with van der Waals surface area (Å²) in [6.07, 6.45) is 4.62. The minimum atomic E-state index is -1.22. The van der Waals surface area contributed by atoms with Gasteiger partial charge >= 0.3 is 5.97 Å². The Morgan fingerprint density at radius 3 is 2.55 bits per heavy atom. The van der Waals surface area contributed by atoms with Crippen LogP contribution in [0.2, 0.25) is 0 Å². The fourth-order valence-electron chi connectivity index (χ4n) is 5.36. The van der Waals surface area contributed by atoms with Gasteiger partial charge in [-0.3, -0.25) is 29.2 Å². The normalized spacial score (nSPS) is 22.9. The molecule has 0 radical (unpaired) electrons. The van der Waals surface area contributed by atoms with Crippen LogP contribution in [-0.4, -0.2) is 81.8 Å². The van der Waals surface area contributed by atoms with Gasteiger partial charge in [-0.15, -0.1) is 0 Å². The molecule has 5 N–H and O–H groups in total. The highest BCUT2D eigenvalue weighted by Crippen LogP contribution is 2.32. The number of benzene rings is 1. The van der Waals surface area contributed by atoms with Gasteiger partial charge in [0.05, 0.1) is 23.9 Å². The van der Waals surface area contributed by atoms with Crippen molar-refractivity contribution in [3.8, 4) is 0 Å². The highest BCUT2D eigenvalue weighted by atomic mass is 16.5. The van der Waals surface area contributed by atoms with Gasteiger partial charge in [-0.2, -0.15) is 0 Å². The highest BCUT2D eigenvalue weighted by molar-refractivity contribution is 5.90. The number of nitrogens with zero attached hydrogens (tertiary/aromatic N) is 2. The van der Waals surface area contributed by atoms with Crippen molar-refractivity contribution >= 4 is 40.7 Å². The van der Waals surface area contributed by atoms with E-state index >= 15 is 0 Å². The van der Waals surface area contributed by atoms with Crippen molar-refractivity contribution in [2.45, 2.75) is 77.6 Å². The number of hydrogen-bond donors (Lipinski definition) is 5. The molecule has 2 fully saturated rings. The van der Waals surface area contributed by atoms with E-state index in [1.165, 1.54) is 5.01 Å². The molecule has 12 nitrogen and oxygen atoms in total. The second kappa shape index (κ2) is 14.3. The van der Waals surface area contributed by atoms with Crippen LogP contribution in [0.1, 0.15) is 70.7 Å². The van der Waals surface area contributed by atoms with Crippen LogP contribution in [0.15, 0.2) is 36.4 Å². The maximum atomic E-state index is 13.2. The number of hydrogen-bond acceptors (Lipinski definition) is 8. The molecule has 0 bridgehead atoms. The summed E-state index contributed by atoms with van der Waals surface area (Å²) in [6.45, 7) is 7.89. The van der Waals surface area contributed by atoms with Gasteiger partial charge in [-0.05, 0) is 63.1 Å². The van der Waals surface area contributed by atoms with Crippen molar-refractivity contribution in [2.75, 3.05) is 19.8 Å². The zero-order chi connectivity index (χ0) is 32.0. The molecular formula is C32H43N5O7. The van der Waals surface area contributed by atoms with Crippen LogP contribution in [-0.2, 0) is 23.9 Å². The molecule has 2 aliphatic rings. The summed E-state index contributed by atoms with van der Waals surface area (Å²) >= 11 is 0. The molecule has 44 heavy (non-hydrogen) atoms. The fourth-order valence-corrected chi connectivity index (χ4v) is 5.36. The first-order chi connectivity index (χ1) is 20.9. The van der Waals surface area contributed by atoms with Crippen LogP contribution in [0.3, 0.4) is 0 Å². The molecule has 0 spiro atoms. The SMILES string of the molecule is CC(C)[C@H](O)C(=O)N[C@@H](C)C(=O)N1CCC[C@@H](C(=O)N[C@H](C)c2ccc3ccc(/C=C/C4(C(=O)O)CCCOC4)cc3n2)N1. The summed E-state index contributed by atoms with van der Waals surface area (Å²) in [6, 6.07) is 7.53. The maximum Gasteiger partial charge on any atom is 0.315 e. The van der Waals surface area contributed by atoms with E-state index in [4.69, 9.17) is 9.72 Å². The largest absolute Gasteiger partial charge is 0.481 e. The molecule has 0 saturated carbocycles. The Morgan fingerprint density at radius 1 is 1.11 bits per heavy atom. The summed E-state index contributed by atoms with van der Waals surface area (Å²) in [5.74, 6) is -2.48. The molecule has 12 heteroatoms. The summed E-state index contributed by atoms with van der Waals surface area (Å²) < 4.78 is 5.45. The third-order valence-corrected chi connectivity index (χ3v) is 8.23. The average molecular weight is 610 g/mol. The zero-order valence-electron chi connectivity index (χ0n) is 25.7. The number of hydrazine groups is 1. The van der Waals surface area contributed by atoms with Crippen molar-refractivity contribution in [3.05, 3.63) is 47.7 Å². The van der Waals surface area contributed by atoms with Crippen molar-refractivity contribution in [1.29, 1.82) is 0 Å². The number of rotatable bonds is 10. The number of carboxylic acids is 1. The summed E-state index contributed by atoms with van der Waals surface area (Å²) in [4.78, 5) is 55.1. The summed E-state index contributed by atoms with van der Waals surface area (Å²) in [7, 11) is 0. The standard InChI is InChI=1S/C32H43N5O7/c1-19(2)27(38)29(40)34-21(4)30(41)37-15-5-7-25(36-37)28(39)33-20(3)24-11-10-23-9-8-22(17-26(23)35-24)12-14-32(31(42)43)13-6-16-44-18-32/h8-12,14,17,19-21,25,27,36,38H,5-7,13,15-16,18H2,1-4H3,(H,33,39)(H,34,40)(H,42,43)/b14-12+/t20-,21+,25+,27+,32?/m1/s1. The molecule has 5 atom stereocenters. The number of nitrogens with one attached hydrogen (secondary N) is 3. The summed E-state index contributed by atoms with van der Waals surface area (Å²) in [5, 5.41) is 27.6. The van der Waals surface area contributed by atoms with Crippen molar-refractivity contribution in [1.82, 2.24) is 26.1 Å². The first kappa shape index (κ1) is 33.0. The Balaban J connectivity index is 1.39. The molecule has 2 aliphatic heterocycles. The number of amides is 3. The van der Waals surface area contributed by atoms with Gasteiger partial charge in [0.2, 0.25) is 11.8 Å². The predicted molar refractivity (Wildman–Crippen MR) is 164 cm³/mol. The Labute approximate surface area is 257 Å². The second-order valence-electron chi connectivity index (χ2n) is 12.1. The Bertz CT molecular complexity index is 1400. The molecule has 238 valence electrons. The van der Waals surface area contributed by atoms with Gasteiger partial charge in [0.25, 0.3) is 5.91 Å². The van der Waals surface area contributed by atoms with Crippen molar-refractivity contribution < 1.29 is 34.1 Å². The van der Waals surface area contributed by atoms with E-state index in [9.17, 15) is 29.4 Å². The van der Waals surface area contributed by atoms with E-state index in [1.54, 1.807) is 32.9 Å². The van der Waals surface area contributed by atoms with E-state index in [0.717, 1.165) is 10.9 Å². The van der Waals surface area contributed by atoms with Gasteiger partial charge in [-0.25, -0.2) is 5.43 Å². The third kappa shape index (κ3) is 7.79. The van der Waals surface area contributed by atoms with E-state index in [1.807, 2.05) is 37.3 Å². The Kier molecular flexibility index (Phi) is 10.7. The molecule has 0 aliphatic carbocycles. The van der Waals surface area contributed by atoms with E-state index in [0.29, 0.717) is 50.0 Å². The number of carboxylic acid groups (broad SMARTS) is 1. The van der Waals surface area contributed by atoms with Gasteiger partial charge in [0, 0.05) is 18.5 Å². The number of aliphatic carboxylic acids is 1. The molecular weight excluding hydrogens is 566 g/mol. The maximum absolute atomic E-state index is 13.2. The fraction of sp³-hybridized carbons (Fsp3) is 0.531. The van der Waals surface area contributed by atoms with Gasteiger partial charge in [-0.1, -0.05) is 44.2 Å². The Morgan fingerprint density at radius 2 is 1.86 bits per heavy atom. The van der Waals surface area contributed by atoms with Crippen LogP contribution in [0.25, 0.3) is 17.0 Å². The molecule has 2 saturated heterocycles. The van der Waals surface area contributed by atoms with Crippen LogP contribution in [0, 0.1) is 11.3 Å². The highest BCUT2D eigenvalue weighted by Gasteiger charge is 2.38. The first-order valence-corrected chi connectivity index (χ1v) is 15.2. The van der Waals surface area contributed by atoms with Crippen LogP contribution < -0.4 is 16.1 Å². The zero-order valence-corrected chi connectivity index (χ0v) is 25.7. The minimum absolute atomic E-state index is 0.145.